The van der Waals surface area contributed by atoms with Gasteiger partial charge in [-0.2, -0.15) is 4.31 Å². The van der Waals surface area contributed by atoms with Gasteiger partial charge in [0.05, 0.1) is 5.02 Å². The Morgan fingerprint density at radius 2 is 1.88 bits per heavy atom. The number of nitrogens with zero attached hydrogens (tertiary/aromatic N) is 4. The summed E-state index contributed by atoms with van der Waals surface area (Å²) in [6.45, 7) is 3.08. The quantitative estimate of drug-likeness (QED) is 0.592. The number of piperidine rings is 1. The predicted octanol–water partition coefficient (Wildman–Crippen LogP) is 3.33. The topological polar surface area (TPSA) is 97.2 Å². The Balaban J connectivity index is 1.50. The average Bonchev–Trinajstić information content (AvgIpc) is 3.24. The number of imidazole rings is 1. The van der Waals surface area contributed by atoms with Crippen molar-refractivity contribution in [2.45, 2.75) is 37.6 Å². The van der Waals surface area contributed by atoms with E-state index in [1.165, 1.54) is 22.5 Å². The SMILES string of the molecule is Cc1nccn1-c1cc(CNC(=O)c2ccc(Cl)c(S(=O)(=O)N3CCCCC3)c2)ccn1. The number of pyridine rings is 1. The van der Waals surface area contributed by atoms with Crippen LogP contribution in [0.2, 0.25) is 5.02 Å². The second-order valence-corrected chi connectivity index (χ2v) is 9.97. The minimum absolute atomic E-state index is 0.0319. The molecule has 1 N–H and O–H groups in total. The van der Waals surface area contributed by atoms with Gasteiger partial charge in [0.15, 0.2) is 0 Å². The van der Waals surface area contributed by atoms with Gasteiger partial charge in [-0.25, -0.2) is 18.4 Å². The van der Waals surface area contributed by atoms with Gasteiger partial charge in [0, 0.05) is 43.8 Å². The molecule has 0 bridgehead atoms. The Labute approximate surface area is 192 Å². The molecule has 10 heteroatoms. The van der Waals surface area contributed by atoms with Crippen LogP contribution in [-0.4, -0.2) is 46.3 Å². The summed E-state index contributed by atoms with van der Waals surface area (Å²) in [6, 6.07) is 8.01. The molecule has 0 saturated carbocycles. The largest absolute Gasteiger partial charge is 0.348 e. The number of aromatic nitrogens is 3. The summed E-state index contributed by atoms with van der Waals surface area (Å²) < 4.78 is 29.4. The number of sulfonamides is 1. The summed E-state index contributed by atoms with van der Waals surface area (Å²) in [7, 11) is -3.75. The minimum atomic E-state index is -3.75. The van der Waals surface area contributed by atoms with Gasteiger partial charge in [-0.05, 0) is 55.7 Å². The van der Waals surface area contributed by atoms with Crippen molar-refractivity contribution in [3.8, 4) is 5.82 Å². The van der Waals surface area contributed by atoms with Crippen LogP contribution in [-0.2, 0) is 16.6 Å². The summed E-state index contributed by atoms with van der Waals surface area (Å²) in [6.07, 6.45) is 7.84. The lowest BCUT2D eigenvalue weighted by molar-refractivity contribution is 0.0950. The van der Waals surface area contributed by atoms with Crippen LogP contribution in [0.15, 0.2) is 53.8 Å². The van der Waals surface area contributed by atoms with Gasteiger partial charge in [-0.15, -0.1) is 0 Å². The third kappa shape index (κ3) is 4.69. The van der Waals surface area contributed by atoms with E-state index in [0.29, 0.717) is 18.9 Å². The molecule has 0 atom stereocenters. The Bertz CT molecular complexity index is 1240. The van der Waals surface area contributed by atoms with E-state index in [4.69, 9.17) is 11.6 Å². The Kier molecular flexibility index (Phi) is 6.59. The maximum absolute atomic E-state index is 13.0. The summed E-state index contributed by atoms with van der Waals surface area (Å²) in [5.74, 6) is 1.13. The van der Waals surface area contributed by atoms with Crippen LogP contribution in [0.3, 0.4) is 0 Å². The van der Waals surface area contributed by atoms with E-state index in [1.807, 2.05) is 29.8 Å². The number of hydrogen-bond acceptors (Lipinski definition) is 5. The third-order valence-electron chi connectivity index (χ3n) is 5.46. The molecule has 8 nitrogen and oxygen atoms in total. The van der Waals surface area contributed by atoms with E-state index >= 15 is 0 Å². The van der Waals surface area contributed by atoms with E-state index in [-0.39, 0.29) is 27.9 Å². The highest BCUT2D eigenvalue weighted by atomic mass is 35.5. The first-order valence-corrected chi connectivity index (χ1v) is 12.2. The van der Waals surface area contributed by atoms with Gasteiger partial charge in [-0.3, -0.25) is 9.36 Å². The molecule has 1 aromatic carbocycles. The second-order valence-electron chi connectivity index (χ2n) is 7.66. The van der Waals surface area contributed by atoms with Crippen molar-refractivity contribution in [3.63, 3.8) is 0 Å². The lowest BCUT2D eigenvalue weighted by atomic mass is 10.2. The number of aryl methyl sites for hydroxylation is 1. The van der Waals surface area contributed by atoms with Crippen LogP contribution in [0.1, 0.15) is 41.0 Å². The van der Waals surface area contributed by atoms with E-state index < -0.39 is 10.0 Å². The minimum Gasteiger partial charge on any atom is -0.348 e. The molecule has 0 unspecified atom stereocenters. The number of carbonyl (C=O) groups is 1. The van der Waals surface area contributed by atoms with Gasteiger partial charge >= 0.3 is 0 Å². The molecule has 3 aromatic rings. The fourth-order valence-corrected chi connectivity index (χ4v) is 5.71. The molecule has 0 radical (unpaired) electrons. The van der Waals surface area contributed by atoms with E-state index in [9.17, 15) is 13.2 Å². The first-order chi connectivity index (χ1) is 15.4. The van der Waals surface area contributed by atoms with Gasteiger partial charge in [-0.1, -0.05) is 18.0 Å². The molecule has 3 heterocycles. The highest BCUT2D eigenvalue weighted by Crippen LogP contribution is 2.28. The first-order valence-electron chi connectivity index (χ1n) is 10.4. The lowest BCUT2D eigenvalue weighted by Gasteiger charge is -2.26. The molecule has 0 spiro atoms. The summed E-state index contributed by atoms with van der Waals surface area (Å²) in [5, 5.41) is 2.95. The highest BCUT2D eigenvalue weighted by Gasteiger charge is 2.28. The molecule has 1 amide bonds. The maximum atomic E-state index is 13.0. The summed E-state index contributed by atoms with van der Waals surface area (Å²) in [5.41, 5.74) is 1.09. The van der Waals surface area contributed by atoms with E-state index in [1.54, 1.807) is 12.4 Å². The number of halogens is 1. The maximum Gasteiger partial charge on any atom is 0.251 e. The molecule has 4 rings (SSSR count). The van der Waals surface area contributed by atoms with Gasteiger partial charge in [0.2, 0.25) is 10.0 Å². The van der Waals surface area contributed by atoms with E-state index in [2.05, 4.69) is 15.3 Å². The Morgan fingerprint density at radius 3 is 2.59 bits per heavy atom. The number of amides is 1. The number of carbonyl (C=O) groups excluding carboxylic acids is 1. The van der Waals surface area contributed by atoms with Crippen molar-refractivity contribution in [2.24, 2.45) is 0 Å². The smallest absolute Gasteiger partial charge is 0.251 e. The van der Waals surface area contributed by atoms with Gasteiger partial charge in [0.25, 0.3) is 5.91 Å². The molecular weight excluding hydrogens is 450 g/mol. The van der Waals surface area contributed by atoms with Gasteiger partial charge in [0.1, 0.15) is 16.5 Å². The van der Waals surface area contributed by atoms with Crippen molar-refractivity contribution in [1.29, 1.82) is 0 Å². The monoisotopic (exact) mass is 473 g/mol. The molecule has 1 fully saturated rings. The van der Waals surface area contributed by atoms with Gasteiger partial charge < -0.3 is 5.32 Å². The molecule has 1 aliphatic heterocycles. The highest BCUT2D eigenvalue weighted by molar-refractivity contribution is 7.89. The second kappa shape index (κ2) is 9.40. The van der Waals surface area contributed by atoms with Crippen LogP contribution in [0, 0.1) is 6.92 Å². The molecular formula is C22H24ClN5O3S. The number of benzene rings is 1. The van der Waals surface area contributed by atoms with Crippen molar-refractivity contribution in [1.82, 2.24) is 24.2 Å². The first kappa shape index (κ1) is 22.4. The molecule has 1 saturated heterocycles. The van der Waals surface area contributed by atoms with E-state index in [0.717, 1.165) is 30.7 Å². The fourth-order valence-electron chi connectivity index (χ4n) is 3.69. The van der Waals surface area contributed by atoms with Crippen molar-refractivity contribution >= 4 is 27.5 Å². The van der Waals surface area contributed by atoms with Crippen LogP contribution < -0.4 is 5.32 Å². The number of hydrogen-bond donors (Lipinski definition) is 1. The zero-order chi connectivity index (χ0) is 22.7. The van der Waals surface area contributed by atoms with Crippen LogP contribution in [0.4, 0.5) is 0 Å². The van der Waals surface area contributed by atoms with Crippen LogP contribution >= 0.6 is 11.6 Å². The summed E-state index contributed by atoms with van der Waals surface area (Å²) in [4.78, 5) is 21.3. The van der Waals surface area contributed by atoms with Crippen molar-refractivity contribution < 1.29 is 13.2 Å². The van der Waals surface area contributed by atoms with Crippen LogP contribution in [0.5, 0.6) is 0 Å². The Hall–Kier alpha value is -2.75. The number of rotatable bonds is 6. The van der Waals surface area contributed by atoms with Crippen LogP contribution in [0.25, 0.3) is 5.82 Å². The zero-order valence-corrected chi connectivity index (χ0v) is 19.2. The number of nitrogens with one attached hydrogen (secondary N) is 1. The predicted molar refractivity (Wildman–Crippen MR) is 121 cm³/mol. The van der Waals surface area contributed by atoms with Crippen molar-refractivity contribution in [3.05, 3.63) is 70.9 Å². The Morgan fingerprint density at radius 1 is 1.09 bits per heavy atom. The standard InChI is InChI=1S/C22H24ClN5O3S/c1-16-24-9-12-28(16)21-13-17(7-8-25-21)15-26-22(29)18-5-6-19(23)20(14-18)32(30,31)27-10-3-2-4-11-27/h5-9,12-14H,2-4,10-11,15H2,1H3,(H,26,29). The summed E-state index contributed by atoms with van der Waals surface area (Å²) >= 11 is 6.20. The molecule has 2 aromatic heterocycles. The molecule has 0 aliphatic carbocycles. The fraction of sp³-hybridized carbons (Fsp3) is 0.318. The van der Waals surface area contributed by atoms with Crippen molar-refractivity contribution in [2.75, 3.05) is 13.1 Å². The lowest BCUT2D eigenvalue weighted by Crippen LogP contribution is -2.36. The normalized spacial score (nSPS) is 14.9. The zero-order valence-electron chi connectivity index (χ0n) is 17.7. The molecule has 32 heavy (non-hydrogen) atoms. The molecule has 1 aliphatic rings. The average molecular weight is 474 g/mol. The third-order valence-corrected chi connectivity index (χ3v) is 7.84. The molecule has 168 valence electrons.